The first kappa shape index (κ1) is 19.2. The molecule has 0 radical (unpaired) electrons. The van der Waals surface area contributed by atoms with Crippen LogP contribution in [0.1, 0.15) is 63.0 Å². The van der Waals surface area contributed by atoms with Crippen molar-refractivity contribution in [2.24, 2.45) is 0 Å². The van der Waals surface area contributed by atoms with Crippen molar-refractivity contribution in [1.29, 1.82) is 0 Å². The minimum Gasteiger partial charge on any atom is -0.481 e. The monoisotopic (exact) mass is 316 g/mol. The molecule has 0 saturated carbocycles. The number of hydrogen-bond acceptors (Lipinski definition) is 2. The van der Waals surface area contributed by atoms with Crippen LogP contribution in [-0.4, -0.2) is 22.3 Å². The molecule has 3 nitrogen and oxygen atoms in total. The molecule has 0 aromatic heterocycles. The average Bonchev–Trinajstić information content (AvgIpc) is 2.54. The molecule has 0 heterocycles. The molecule has 1 atom stereocenters. The van der Waals surface area contributed by atoms with E-state index in [0.717, 1.165) is 30.4 Å². The van der Waals surface area contributed by atoms with Crippen molar-refractivity contribution in [3.05, 3.63) is 47.5 Å². The maximum atomic E-state index is 10.4. The molecular weight excluding hydrogens is 288 g/mol. The summed E-state index contributed by atoms with van der Waals surface area (Å²) in [5, 5.41) is 18.4. The van der Waals surface area contributed by atoms with Crippen molar-refractivity contribution in [2.75, 3.05) is 0 Å². The third-order valence-corrected chi connectivity index (χ3v) is 3.62. The quantitative estimate of drug-likeness (QED) is 0.570. The zero-order valence-electron chi connectivity index (χ0n) is 13.9. The second kappa shape index (κ2) is 11.7. The Kier molecular flexibility index (Phi) is 9.73. The summed E-state index contributed by atoms with van der Waals surface area (Å²) in [6.45, 7) is 2.16. The van der Waals surface area contributed by atoms with Gasteiger partial charge in [-0.2, -0.15) is 0 Å². The van der Waals surface area contributed by atoms with Crippen LogP contribution in [0.5, 0.6) is 0 Å². The van der Waals surface area contributed by atoms with E-state index in [9.17, 15) is 9.90 Å². The van der Waals surface area contributed by atoms with Crippen LogP contribution in [0.2, 0.25) is 0 Å². The van der Waals surface area contributed by atoms with Crippen LogP contribution in [0.15, 0.2) is 36.4 Å². The van der Waals surface area contributed by atoms with Gasteiger partial charge in [0.15, 0.2) is 0 Å². The lowest BCUT2D eigenvalue weighted by Gasteiger charge is -2.04. The molecule has 0 aliphatic carbocycles. The zero-order chi connectivity index (χ0) is 16.9. The van der Waals surface area contributed by atoms with E-state index < -0.39 is 5.97 Å². The van der Waals surface area contributed by atoms with Crippen LogP contribution in [0.3, 0.4) is 0 Å². The first-order valence-electron chi connectivity index (χ1n) is 8.46. The molecule has 0 amide bonds. The summed E-state index contributed by atoms with van der Waals surface area (Å²) in [5.74, 6) is -0.744. The topological polar surface area (TPSA) is 57.5 Å². The Morgan fingerprint density at radius 1 is 1.09 bits per heavy atom. The van der Waals surface area contributed by atoms with Gasteiger partial charge >= 0.3 is 5.97 Å². The SMILES string of the molecule is CCCCCC(O)C=Cc1ccc(C=CCCCC(=O)O)cc1. The van der Waals surface area contributed by atoms with Gasteiger partial charge in [0.05, 0.1) is 6.10 Å². The predicted octanol–water partition coefficient (Wildman–Crippen LogP) is 4.91. The summed E-state index contributed by atoms with van der Waals surface area (Å²) in [4.78, 5) is 10.4. The lowest BCUT2D eigenvalue weighted by molar-refractivity contribution is -0.137. The normalized spacial score (nSPS) is 13.0. The Morgan fingerprint density at radius 3 is 2.35 bits per heavy atom. The summed E-state index contributed by atoms with van der Waals surface area (Å²) in [5.41, 5.74) is 2.17. The smallest absolute Gasteiger partial charge is 0.303 e. The highest BCUT2D eigenvalue weighted by Crippen LogP contribution is 2.11. The van der Waals surface area contributed by atoms with E-state index in [-0.39, 0.29) is 12.5 Å². The lowest BCUT2D eigenvalue weighted by Crippen LogP contribution is -2.00. The number of carbonyl (C=O) groups is 1. The summed E-state index contributed by atoms with van der Waals surface area (Å²) in [6, 6.07) is 8.09. The Morgan fingerprint density at radius 2 is 1.74 bits per heavy atom. The largest absolute Gasteiger partial charge is 0.481 e. The van der Waals surface area contributed by atoms with Crippen molar-refractivity contribution in [3.63, 3.8) is 0 Å². The van der Waals surface area contributed by atoms with E-state index in [4.69, 9.17) is 5.11 Å². The van der Waals surface area contributed by atoms with Gasteiger partial charge in [-0.15, -0.1) is 0 Å². The summed E-state index contributed by atoms with van der Waals surface area (Å²) < 4.78 is 0. The van der Waals surface area contributed by atoms with Gasteiger partial charge in [-0.05, 0) is 30.4 Å². The van der Waals surface area contributed by atoms with Gasteiger partial charge in [-0.1, -0.05) is 74.8 Å². The van der Waals surface area contributed by atoms with Crippen LogP contribution < -0.4 is 0 Å². The second-order valence-electron chi connectivity index (χ2n) is 5.78. The van der Waals surface area contributed by atoms with Crippen LogP contribution in [0, 0.1) is 0 Å². The maximum Gasteiger partial charge on any atom is 0.303 e. The highest BCUT2D eigenvalue weighted by atomic mass is 16.4. The Balaban J connectivity index is 2.37. The molecule has 126 valence electrons. The molecule has 0 saturated heterocycles. The molecular formula is C20H28O3. The second-order valence-corrected chi connectivity index (χ2v) is 5.78. The molecule has 1 aromatic rings. The van der Waals surface area contributed by atoms with Crippen LogP contribution in [0.4, 0.5) is 0 Å². The number of hydrogen-bond donors (Lipinski definition) is 2. The van der Waals surface area contributed by atoms with Crippen LogP contribution >= 0.6 is 0 Å². The fourth-order valence-corrected chi connectivity index (χ4v) is 2.23. The molecule has 0 fully saturated rings. The number of benzene rings is 1. The van der Waals surface area contributed by atoms with E-state index in [1.54, 1.807) is 0 Å². The number of aliphatic carboxylic acids is 1. The molecule has 0 spiro atoms. The number of carboxylic acids is 1. The predicted molar refractivity (Wildman–Crippen MR) is 96.1 cm³/mol. The lowest BCUT2D eigenvalue weighted by atomic mass is 10.1. The molecule has 23 heavy (non-hydrogen) atoms. The molecule has 0 bridgehead atoms. The summed E-state index contributed by atoms with van der Waals surface area (Å²) >= 11 is 0. The minimum atomic E-state index is -0.744. The number of aliphatic hydroxyl groups excluding tert-OH is 1. The average molecular weight is 316 g/mol. The first-order valence-corrected chi connectivity index (χ1v) is 8.46. The van der Waals surface area contributed by atoms with E-state index in [2.05, 4.69) is 6.92 Å². The van der Waals surface area contributed by atoms with E-state index in [1.165, 1.54) is 12.8 Å². The van der Waals surface area contributed by atoms with Gasteiger partial charge < -0.3 is 10.2 Å². The summed E-state index contributed by atoms with van der Waals surface area (Å²) in [6.07, 6.45) is 13.3. The van der Waals surface area contributed by atoms with Gasteiger partial charge in [-0.3, -0.25) is 4.79 Å². The van der Waals surface area contributed by atoms with Crippen molar-refractivity contribution in [3.8, 4) is 0 Å². The van der Waals surface area contributed by atoms with Crippen molar-refractivity contribution in [1.82, 2.24) is 0 Å². The van der Waals surface area contributed by atoms with Gasteiger partial charge in [-0.25, -0.2) is 0 Å². The minimum absolute atomic E-state index is 0.217. The van der Waals surface area contributed by atoms with Crippen LogP contribution in [0.25, 0.3) is 12.2 Å². The van der Waals surface area contributed by atoms with Crippen molar-refractivity contribution in [2.45, 2.75) is 58.0 Å². The summed E-state index contributed by atoms with van der Waals surface area (Å²) in [7, 11) is 0. The Bertz CT molecular complexity index is 500. The number of rotatable bonds is 11. The van der Waals surface area contributed by atoms with E-state index in [1.807, 2.05) is 48.6 Å². The molecule has 1 unspecified atom stereocenters. The molecule has 0 aliphatic heterocycles. The van der Waals surface area contributed by atoms with E-state index >= 15 is 0 Å². The van der Waals surface area contributed by atoms with Crippen LogP contribution in [-0.2, 0) is 4.79 Å². The molecule has 2 N–H and O–H groups in total. The fourth-order valence-electron chi connectivity index (χ4n) is 2.23. The van der Waals surface area contributed by atoms with Gasteiger partial charge in [0.1, 0.15) is 0 Å². The van der Waals surface area contributed by atoms with Crippen molar-refractivity contribution >= 4 is 18.1 Å². The zero-order valence-corrected chi connectivity index (χ0v) is 13.9. The third-order valence-electron chi connectivity index (χ3n) is 3.62. The first-order chi connectivity index (χ1) is 11.1. The maximum absolute atomic E-state index is 10.4. The highest BCUT2D eigenvalue weighted by Gasteiger charge is 1.98. The van der Waals surface area contributed by atoms with Gasteiger partial charge in [0.25, 0.3) is 0 Å². The molecule has 1 rings (SSSR count). The molecule has 1 aromatic carbocycles. The standard InChI is InChI=1S/C20H28O3/c1-2-3-5-9-19(21)16-15-18-13-11-17(12-14-18)8-6-4-7-10-20(22)23/h6,8,11-16,19,21H,2-5,7,9-10H2,1H3,(H,22,23). The number of allylic oxidation sites excluding steroid dienone is 1. The number of unbranched alkanes of at least 4 members (excludes halogenated alkanes) is 3. The number of aliphatic hydroxyl groups is 1. The van der Waals surface area contributed by atoms with Gasteiger partial charge in [0, 0.05) is 6.42 Å². The van der Waals surface area contributed by atoms with Crippen molar-refractivity contribution < 1.29 is 15.0 Å². The Hall–Kier alpha value is -1.87. The van der Waals surface area contributed by atoms with Gasteiger partial charge in [0.2, 0.25) is 0 Å². The highest BCUT2D eigenvalue weighted by molar-refractivity contribution is 5.66. The number of carboxylic acid groups (broad SMARTS) is 1. The van der Waals surface area contributed by atoms with E-state index in [0.29, 0.717) is 6.42 Å². The molecule has 3 heteroatoms. The third kappa shape index (κ3) is 9.69. The molecule has 0 aliphatic rings. The fraction of sp³-hybridized carbons (Fsp3) is 0.450. The Labute approximate surface area is 139 Å².